The zero-order valence-corrected chi connectivity index (χ0v) is 13.2. The van der Waals surface area contributed by atoms with Gasteiger partial charge in [0, 0.05) is 6.54 Å². The highest BCUT2D eigenvalue weighted by Crippen LogP contribution is 2.52. The molecule has 116 valence electrons. The van der Waals surface area contributed by atoms with Gasteiger partial charge in [0.15, 0.2) is 0 Å². The van der Waals surface area contributed by atoms with Gasteiger partial charge < -0.3 is 14.0 Å². The summed E-state index contributed by atoms with van der Waals surface area (Å²) in [6, 6.07) is 6.89. The Hall–Kier alpha value is -1.36. The molecule has 1 aliphatic rings. The van der Waals surface area contributed by atoms with Crippen molar-refractivity contribution in [2.45, 2.75) is 13.3 Å². The smallest absolute Gasteiger partial charge is 0.320 e. The third kappa shape index (κ3) is 3.64. The van der Waals surface area contributed by atoms with Crippen LogP contribution in [0.15, 0.2) is 24.3 Å². The predicted molar refractivity (Wildman–Crippen MR) is 79.0 cm³/mol. The van der Waals surface area contributed by atoms with Crippen LogP contribution in [0.4, 0.5) is 0 Å². The number of benzene rings is 1. The van der Waals surface area contributed by atoms with Gasteiger partial charge in [-0.25, -0.2) is 4.67 Å². The average molecular weight is 313 g/mol. The molecule has 1 unspecified atom stereocenters. The van der Waals surface area contributed by atoms with Crippen molar-refractivity contribution in [1.82, 2.24) is 4.67 Å². The molecular formula is C14H20NO5P. The molecule has 1 saturated heterocycles. The molecule has 0 radical (unpaired) electrons. The Labute approximate surface area is 124 Å². The van der Waals surface area contributed by atoms with Crippen molar-refractivity contribution >= 4 is 18.8 Å². The summed E-state index contributed by atoms with van der Waals surface area (Å²) in [5.41, 5.74) is 0. The molecular weight excluding hydrogens is 293 g/mol. The van der Waals surface area contributed by atoms with Gasteiger partial charge in [-0.2, -0.15) is 0 Å². The minimum atomic E-state index is -3.21. The van der Waals surface area contributed by atoms with E-state index < -0.39 is 13.5 Å². The number of ether oxygens (including phenoxy) is 2. The number of carbonyl (C=O) groups is 1. The Kier molecular flexibility index (Phi) is 5.39. The van der Waals surface area contributed by atoms with Crippen molar-refractivity contribution in [3.63, 3.8) is 0 Å². The molecule has 0 bridgehead atoms. The van der Waals surface area contributed by atoms with E-state index in [-0.39, 0.29) is 6.54 Å². The van der Waals surface area contributed by atoms with E-state index in [4.69, 9.17) is 14.0 Å². The second-order valence-corrected chi connectivity index (χ2v) is 6.98. The Balaban J connectivity index is 2.22. The second kappa shape index (κ2) is 7.07. The summed E-state index contributed by atoms with van der Waals surface area (Å²) in [7, 11) is -1.64. The van der Waals surface area contributed by atoms with E-state index in [0.717, 1.165) is 6.42 Å². The first-order valence-electron chi connectivity index (χ1n) is 6.90. The molecule has 0 N–H and O–H groups in total. The molecule has 7 heteroatoms. The molecule has 1 atom stereocenters. The standard InChI is InChI=1S/C14H20NO5P/c1-3-19-14(16)11-15-9-4-10-20-21(15,17)13-7-5-12(18-2)6-8-13/h5-8H,3-4,9-11H2,1-2H3. The van der Waals surface area contributed by atoms with Crippen molar-refractivity contribution in [2.75, 3.05) is 33.4 Å². The quantitative estimate of drug-likeness (QED) is 0.610. The molecule has 0 saturated carbocycles. The molecule has 6 nitrogen and oxygen atoms in total. The van der Waals surface area contributed by atoms with Crippen LogP contribution in [-0.2, 0) is 18.6 Å². The molecule has 2 rings (SSSR count). The molecule has 0 aromatic heterocycles. The lowest BCUT2D eigenvalue weighted by atomic mass is 10.3. The predicted octanol–water partition coefficient (Wildman–Crippen LogP) is 1.80. The first-order valence-corrected chi connectivity index (χ1v) is 8.48. The molecule has 1 aliphatic heterocycles. The van der Waals surface area contributed by atoms with E-state index in [1.165, 1.54) is 0 Å². The van der Waals surface area contributed by atoms with Crippen molar-refractivity contribution in [3.05, 3.63) is 24.3 Å². The normalized spacial score (nSPS) is 22.8. The van der Waals surface area contributed by atoms with Gasteiger partial charge in [0.1, 0.15) is 12.3 Å². The summed E-state index contributed by atoms with van der Waals surface area (Å²) in [6.07, 6.45) is 0.736. The lowest BCUT2D eigenvalue weighted by molar-refractivity contribution is -0.143. The number of esters is 1. The number of carbonyl (C=O) groups excluding carboxylic acids is 1. The summed E-state index contributed by atoms with van der Waals surface area (Å²) >= 11 is 0. The third-order valence-electron chi connectivity index (χ3n) is 3.21. The molecule has 0 spiro atoms. The van der Waals surface area contributed by atoms with E-state index in [1.54, 1.807) is 43.0 Å². The fraction of sp³-hybridized carbons (Fsp3) is 0.500. The molecule has 1 aromatic carbocycles. The van der Waals surface area contributed by atoms with Crippen LogP contribution in [0.25, 0.3) is 0 Å². The second-order valence-electron chi connectivity index (χ2n) is 4.60. The number of methoxy groups -OCH3 is 1. The van der Waals surface area contributed by atoms with Gasteiger partial charge >= 0.3 is 13.5 Å². The minimum Gasteiger partial charge on any atom is -0.497 e. The van der Waals surface area contributed by atoms with Crippen molar-refractivity contribution in [3.8, 4) is 5.75 Å². The Morgan fingerprint density at radius 2 is 2.10 bits per heavy atom. The van der Waals surface area contributed by atoms with Gasteiger partial charge in [-0.3, -0.25) is 9.36 Å². The summed E-state index contributed by atoms with van der Waals surface area (Å²) in [6.45, 7) is 2.98. The van der Waals surface area contributed by atoms with E-state index in [1.807, 2.05) is 0 Å². The lowest BCUT2D eigenvalue weighted by Crippen LogP contribution is -2.37. The number of rotatable bonds is 5. The number of nitrogens with zero attached hydrogens (tertiary/aromatic N) is 1. The van der Waals surface area contributed by atoms with Crippen LogP contribution in [0.5, 0.6) is 5.75 Å². The van der Waals surface area contributed by atoms with Crippen LogP contribution in [-0.4, -0.2) is 44.1 Å². The van der Waals surface area contributed by atoms with Gasteiger partial charge in [-0.1, -0.05) is 0 Å². The maximum atomic E-state index is 13.2. The Morgan fingerprint density at radius 3 is 2.71 bits per heavy atom. The SMILES string of the molecule is CCOC(=O)CN1CCCOP1(=O)c1ccc(OC)cc1. The van der Waals surface area contributed by atoms with Crippen molar-refractivity contribution in [1.29, 1.82) is 0 Å². The zero-order valence-electron chi connectivity index (χ0n) is 12.3. The Morgan fingerprint density at radius 1 is 1.38 bits per heavy atom. The molecule has 1 aromatic rings. The summed E-state index contributed by atoms with van der Waals surface area (Å²) in [5, 5.41) is 0.562. The van der Waals surface area contributed by atoms with Gasteiger partial charge in [0.05, 0.1) is 25.6 Å². The maximum absolute atomic E-state index is 13.2. The highest BCUT2D eigenvalue weighted by Gasteiger charge is 2.38. The zero-order chi connectivity index (χ0) is 15.3. The van der Waals surface area contributed by atoms with Crippen LogP contribution < -0.4 is 10.0 Å². The van der Waals surface area contributed by atoms with Crippen molar-refractivity contribution < 1.29 is 23.4 Å². The summed E-state index contributed by atoms with van der Waals surface area (Å²) in [5.74, 6) is 0.288. The van der Waals surface area contributed by atoms with E-state index in [2.05, 4.69) is 0 Å². The highest BCUT2D eigenvalue weighted by atomic mass is 31.2. The summed E-state index contributed by atoms with van der Waals surface area (Å²) < 4.78 is 30.3. The fourth-order valence-corrected chi connectivity index (χ4v) is 4.43. The largest absolute Gasteiger partial charge is 0.497 e. The fourth-order valence-electron chi connectivity index (χ4n) is 2.18. The number of hydrogen-bond acceptors (Lipinski definition) is 5. The first kappa shape index (κ1) is 16.0. The minimum absolute atomic E-state index is 0.0306. The van der Waals surface area contributed by atoms with E-state index in [9.17, 15) is 9.36 Å². The van der Waals surface area contributed by atoms with Gasteiger partial charge in [-0.05, 0) is 37.6 Å². The monoisotopic (exact) mass is 313 g/mol. The van der Waals surface area contributed by atoms with Gasteiger partial charge in [0.2, 0.25) is 0 Å². The van der Waals surface area contributed by atoms with Crippen LogP contribution in [0.2, 0.25) is 0 Å². The molecule has 1 heterocycles. The van der Waals surface area contributed by atoms with Crippen molar-refractivity contribution in [2.24, 2.45) is 0 Å². The average Bonchev–Trinajstić information content (AvgIpc) is 2.50. The topological polar surface area (TPSA) is 65.1 Å². The molecule has 21 heavy (non-hydrogen) atoms. The van der Waals surface area contributed by atoms with Crippen LogP contribution in [0.1, 0.15) is 13.3 Å². The van der Waals surface area contributed by atoms with Crippen LogP contribution in [0.3, 0.4) is 0 Å². The Bertz CT molecular complexity index is 531. The first-order chi connectivity index (χ1) is 10.1. The van der Waals surface area contributed by atoms with E-state index >= 15 is 0 Å². The maximum Gasteiger partial charge on any atom is 0.320 e. The highest BCUT2D eigenvalue weighted by molar-refractivity contribution is 7.64. The summed E-state index contributed by atoms with van der Waals surface area (Å²) in [4.78, 5) is 11.7. The van der Waals surface area contributed by atoms with Crippen LogP contribution >= 0.6 is 7.52 Å². The van der Waals surface area contributed by atoms with Gasteiger partial charge in [0.25, 0.3) is 0 Å². The van der Waals surface area contributed by atoms with E-state index in [0.29, 0.717) is 30.8 Å². The lowest BCUT2D eigenvalue weighted by Gasteiger charge is -2.34. The molecule has 1 fully saturated rings. The molecule has 0 aliphatic carbocycles. The van der Waals surface area contributed by atoms with Crippen LogP contribution in [0, 0.1) is 0 Å². The third-order valence-corrected chi connectivity index (χ3v) is 5.78. The molecule has 0 amide bonds. The number of hydrogen-bond donors (Lipinski definition) is 0. The van der Waals surface area contributed by atoms with Gasteiger partial charge in [-0.15, -0.1) is 0 Å².